The van der Waals surface area contributed by atoms with Crippen molar-refractivity contribution >= 4 is 5.91 Å². The van der Waals surface area contributed by atoms with Crippen LogP contribution in [-0.4, -0.2) is 28.9 Å². The van der Waals surface area contributed by atoms with E-state index in [2.05, 4.69) is 22.5 Å². The number of rotatable bonds is 7. The molecule has 4 rings (SSSR count). The maximum Gasteiger partial charge on any atom is 0.222 e. The third-order valence-corrected chi connectivity index (χ3v) is 5.53. The maximum atomic E-state index is 13.0. The molecule has 3 aromatic rings. The number of nitrogens with one attached hydrogen (secondary N) is 1. The van der Waals surface area contributed by atoms with Crippen molar-refractivity contribution in [3.8, 4) is 11.5 Å². The van der Waals surface area contributed by atoms with Crippen molar-refractivity contribution in [3.05, 3.63) is 77.1 Å². The largest absolute Gasteiger partial charge is 0.486 e. The van der Waals surface area contributed by atoms with E-state index in [-0.39, 0.29) is 18.0 Å². The topological polar surface area (TPSA) is 65.4 Å². The highest BCUT2D eigenvalue weighted by atomic mass is 16.6. The lowest BCUT2D eigenvalue weighted by molar-refractivity contribution is -0.122. The van der Waals surface area contributed by atoms with E-state index in [9.17, 15) is 4.79 Å². The molecule has 1 aliphatic heterocycles. The van der Waals surface area contributed by atoms with E-state index in [1.807, 2.05) is 67.9 Å². The van der Waals surface area contributed by atoms with Crippen molar-refractivity contribution in [2.75, 3.05) is 13.2 Å². The predicted octanol–water partition coefficient (Wildman–Crippen LogP) is 4.32. The summed E-state index contributed by atoms with van der Waals surface area (Å²) in [5.74, 6) is 1.47. The van der Waals surface area contributed by atoms with Gasteiger partial charge in [-0.1, -0.05) is 36.4 Å². The predicted molar refractivity (Wildman–Crippen MR) is 119 cm³/mol. The Kier molecular flexibility index (Phi) is 6.26. The Bertz CT molecular complexity index is 1050. The molecule has 31 heavy (non-hydrogen) atoms. The number of ether oxygens (including phenoxy) is 2. The average molecular weight is 420 g/mol. The molecule has 1 aliphatic rings. The molecule has 0 bridgehead atoms. The molecule has 0 saturated heterocycles. The Morgan fingerprint density at radius 1 is 1.06 bits per heavy atom. The van der Waals surface area contributed by atoms with Gasteiger partial charge in [0.25, 0.3) is 0 Å². The third kappa shape index (κ3) is 5.08. The monoisotopic (exact) mass is 419 g/mol. The highest BCUT2D eigenvalue weighted by Crippen LogP contribution is 2.33. The van der Waals surface area contributed by atoms with Crippen LogP contribution in [0.5, 0.6) is 11.5 Å². The van der Waals surface area contributed by atoms with E-state index >= 15 is 0 Å². The molecule has 1 amide bonds. The second-order valence-electron chi connectivity index (χ2n) is 8.14. The molecule has 0 aliphatic carbocycles. The Labute approximate surface area is 183 Å². The van der Waals surface area contributed by atoms with Crippen LogP contribution in [0.2, 0.25) is 0 Å². The number of carbonyl (C=O) groups excluding carboxylic acids is 1. The summed E-state index contributed by atoms with van der Waals surface area (Å²) in [5.41, 5.74) is 4.18. The quantitative estimate of drug-likeness (QED) is 0.619. The van der Waals surface area contributed by atoms with Gasteiger partial charge in [0.15, 0.2) is 11.5 Å². The zero-order chi connectivity index (χ0) is 21.8. The van der Waals surface area contributed by atoms with Gasteiger partial charge < -0.3 is 14.8 Å². The van der Waals surface area contributed by atoms with Gasteiger partial charge in [0.2, 0.25) is 5.91 Å². The van der Waals surface area contributed by atoms with Gasteiger partial charge in [-0.15, -0.1) is 0 Å². The van der Waals surface area contributed by atoms with Gasteiger partial charge in [-0.25, -0.2) is 0 Å². The molecule has 162 valence electrons. The second-order valence-corrected chi connectivity index (χ2v) is 8.14. The summed E-state index contributed by atoms with van der Waals surface area (Å²) in [6, 6.07) is 17.9. The van der Waals surface area contributed by atoms with Crippen molar-refractivity contribution in [1.82, 2.24) is 15.1 Å². The fourth-order valence-corrected chi connectivity index (χ4v) is 4.08. The summed E-state index contributed by atoms with van der Waals surface area (Å²) in [7, 11) is 0. The van der Waals surface area contributed by atoms with E-state index in [4.69, 9.17) is 9.47 Å². The van der Waals surface area contributed by atoms with Gasteiger partial charge in [-0.3, -0.25) is 9.48 Å². The number of hydrogen-bond donors (Lipinski definition) is 1. The highest BCUT2D eigenvalue weighted by Gasteiger charge is 2.21. The number of carbonyl (C=O) groups is 1. The number of hydrogen-bond acceptors (Lipinski definition) is 4. The van der Waals surface area contributed by atoms with Crippen LogP contribution < -0.4 is 14.8 Å². The lowest BCUT2D eigenvalue weighted by Crippen LogP contribution is -2.32. The van der Waals surface area contributed by atoms with E-state index in [1.54, 1.807) is 0 Å². The fourth-order valence-electron chi connectivity index (χ4n) is 4.08. The molecule has 1 aromatic heterocycles. The zero-order valence-electron chi connectivity index (χ0n) is 18.3. The van der Waals surface area contributed by atoms with Gasteiger partial charge in [0, 0.05) is 12.1 Å². The number of fused-ring (bicyclic) bond motifs is 1. The van der Waals surface area contributed by atoms with Crippen LogP contribution in [0.4, 0.5) is 0 Å². The van der Waals surface area contributed by atoms with Crippen molar-refractivity contribution in [3.63, 3.8) is 0 Å². The van der Waals surface area contributed by atoms with Crippen molar-refractivity contribution in [2.45, 2.75) is 45.7 Å². The van der Waals surface area contributed by atoms with Gasteiger partial charge in [0.05, 0.1) is 17.8 Å². The first-order chi connectivity index (χ1) is 15.0. The van der Waals surface area contributed by atoms with Crippen molar-refractivity contribution < 1.29 is 14.3 Å². The van der Waals surface area contributed by atoms with E-state index in [0.29, 0.717) is 26.1 Å². The molecule has 2 aromatic carbocycles. The lowest BCUT2D eigenvalue weighted by Gasteiger charge is -2.24. The van der Waals surface area contributed by atoms with Gasteiger partial charge in [-0.05, 0) is 56.5 Å². The molecular formula is C25H29N3O3. The van der Waals surface area contributed by atoms with Crippen molar-refractivity contribution in [2.24, 2.45) is 0 Å². The SMILES string of the molecule is Cc1cc(C)n([C@H](C)CC(=O)N[C@H](Cc2ccccc2)c2ccc3c(c2)OCCO3)n1. The second kappa shape index (κ2) is 9.25. The molecule has 2 atom stereocenters. The summed E-state index contributed by atoms with van der Waals surface area (Å²) < 4.78 is 13.3. The Morgan fingerprint density at radius 3 is 2.52 bits per heavy atom. The van der Waals surface area contributed by atoms with Crippen LogP contribution in [0.3, 0.4) is 0 Å². The molecule has 6 heteroatoms. The molecule has 0 spiro atoms. The minimum absolute atomic E-state index is 0.00382. The van der Waals surface area contributed by atoms with E-state index in [0.717, 1.165) is 34.0 Å². The maximum absolute atomic E-state index is 13.0. The molecule has 2 heterocycles. The summed E-state index contributed by atoms with van der Waals surface area (Å²) in [6.45, 7) is 7.10. The molecule has 0 saturated carbocycles. The Balaban J connectivity index is 1.53. The summed E-state index contributed by atoms with van der Waals surface area (Å²) in [4.78, 5) is 13.0. The molecule has 0 unspecified atom stereocenters. The van der Waals surface area contributed by atoms with Crippen LogP contribution in [-0.2, 0) is 11.2 Å². The minimum atomic E-state index is -0.168. The molecular weight excluding hydrogens is 390 g/mol. The highest BCUT2D eigenvalue weighted by molar-refractivity contribution is 5.77. The van der Waals surface area contributed by atoms with Crippen molar-refractivity contribution in [1.29, 1.82) is 0 Å². The van der Waals surface area contributed by atoms with Crippen LogP contribution >= 0.6 is 0 Å². The smallest absolute Gasteiger partial charge is 0.222 e. The third-order valence-electron chi connectivity index (χ3n) is 5.53. The molecule has 0 radical (unpaired) electrons. The summed E-state index contributed by atoms with van der Waals surface area (Å²) >= 11 is 0. The minimum Gasteiger partial charge on any atom is -0.486 e. The Morgan fingerprint density at radius 2 is 1.81 bits per heavy atom. The van der Waals surface area contributed by atoms with Crippen LogP contribution in [0.15, 0.2) is 54.6 Å². The number of aryl methyl sites for hydroxylation is 2. The summed E-state index contributed by atoms with van der Waals surface area (Å²) in [6.07, 6.45) is 1.05. The normalized spacial score (nSPS) is 14.7. The summed E-state index contributed by atoms with van der Waals surface area (Å²) in [5, 5.41) is 7.76. The van der Waals surface area contributed by atoms with Crippen LogP contribution in [0, 0.1) is 13.8 Å². The fraction of sp³-hybridized carbons (Fsp3) is 0.360. The van der Waals surface area contributed by atoms with E-state index < -0.39 is 0 Å². The van der Waals surface area contributed by atoms with E-state index in [1.165, 1.54) is 0 Å². The van der Waals surface area contributed by atoms with Gasteiger partial charge >= 0.3 is 0 Å². The first-order valence-corrected chi connectivity index (χ1v) is 10.7. The molecule has 1 N–H and O–H groups in total. The number of benzene rings is 2. The number of nitrogens with zero attached hydrogens (tertiary/aromatic N) is 2. The standard InChI is InChI=1S/C25H29N3O3/c1-17-13-18(2)28(27-17)19(3)14-25(29)26-22(15-20-7-5-4-6-8-20)21-9-10-23-24(16-21)31-12-11-30-23/h4-10,13,16,19,22H,11-12,14-15H2,1-3H3,(H,26,29)/t19-,22-/m1/s1. The first kappa shape index (κ1) is 21.0. The number of aromatic nitrogens is 2. The average Bonchev–Trinajstić information content (AvgIpc) is 3.11. The van der Waals surface area contributed by atoms with Crippen LogP contribution in [0.25, 0.3) is 0 Å². The van der Waals surface area contributed by atoms with Crippen LogP contribution in [0.1, 0.15) is 47.9 Å². The van der Waals surface area contributed by atoms with Gasteiger partial charge in [0.1, 0.15) is 13.2 Å². The first-order valence-electron chi connectivity index (χ1n) is 10.7. The number of amides is 1. The Hall–Kier alpha value is -3.28. The van der Waals surface area contributed by atoms with Gasteiger partial charge in [-0.2, -0.15) is 5.10 Å². The molecule has 6 nitrogen and oxygen atoms in total. The lowest BCUT2D eigenvalue weighted by atomic mass is 9.98. The zero-order valence-corrected chi connectivity index (χ0v) is 18.3. The molecule has 0 fully saturated rings.